The van der Waals surface area contributed by atoms with Crippen LogP contribution >= 0.6 is 0 Å². The van der Waals surface area contributed by atoms with Crippen molar-refractivity contribution in [3.8, 4) is 5.75 Å². The molecule has 1 N–H and O–H groups in total. The van der Waals surface area contributed by atoms with Crippen LogP contribution in [-0.2, 0) is 10.0 Å². The van der Waals surface area contributed by atoms with Gasteiger partial charge in [0.2, 0.25) is 0 Å². The number of ether oxygens (including phenoxy) is 1. The second kappa shape index (κ2) is 9.26. The molecule has 164 valence electrons. The van der Waals surface area contributed by atoms with Gasteiger partial charge in [-0.3, -0.25) is 4.72 Å². The number of likely N-dealkylation sites (tertiary alicyclic amines) is 1. The van der Waals surface area contributed by atoms with Gasteiger partial charge in [-0.2, -0.15) is 0 Å². The predicted octanol–water partition coefficient (Wildman–Crippen LogP) is 4.98. The highest BCUT2D eigenvalue weighted by atomic mass is 32.2. The number of sulfonamides is 1. The summed E-state index contributed by atoms with van der Waals surface area (Å²) < 4.78 is 68.4. The zero-order valence-electron chi connectivity index (χ0n) is 16.7. The molecule has 0 saturated carbocycles. The second-order valence-corrected chi connectivity index (χ2v) is 9.07. The van der Waals surface area contributed by atoms with Gasteiger partial charge in [0.15, 0.2) is 0 Å². The van der Waals surface area contributed by atoms with E-state index in [1.165, 1.54) is 0 Å². The number of benzene rings is 2. The first-order valence-corrected chi connectivity index (χ1v) is 11.4. The topological polar surface area (TPSA) is 58.6 Å². The quantitative estimate of drug-likeness (QED) is 0.657. The summed E-state index contributed by atoms with van der Waals surface area (Å²) >= 11 is 0. The minimum absolute atomic E-state index is 0.144. The Bertz CT molecular complexity index is 945. The van der Waals surface area contributed by atoms with Crippen LogP contribution in [0.25, 0.3) is 0 Å². The molecule has 1 atom stereocenters. The van der Waals surface area contributed by atoms with E-state index in [9.17, 15) is 21.6 Å². The molecule has 0 bridgehead atoms. The number of hydrogen-bond donors (Lipinski definition) is 1. The normalized spacial score (nSPS) is 18.2. The SMILES string of the molecule is CCCN1CCCC(c2cccc(NS(=O)(=O)c3ccc(OC(F)(F)F)cc3)c2)C1. The van der Waals surface area contributed by atoms with Crippen molar-refractivity contribution in [3.63, 3.8) is 0 Å². The Kier molecular flexibility index (Phi) is 6.92. The zero-order chi connectivity index (χ0) is 21.8. The number of halogens is 3. The summed E-state index contributed by atoms with van der Waals surface area (Å²) in [6.07, 6.45) is -1.58. The second-order valence-electron chi connectivity index (χ2n) is 7.39. The summed E-state index contributed by atoms with van der Waals surface area (Å²) in [4.78, 5) is 2.28. The number of nitrogens with one attached hydrogen (secondary N) is 1. The van der Waals surface area contributed by atoms with Crippen LogP contribution in [0.1, 0.15) is 37.7 Å². The lowest BCUT2D eigenvalue weighted by molar-refractivity contribution is -0.274. The van der Waals surface area contributed by atoms with Crippen LogP contribution < -0.4 is 9.46 Å². The molecule has 0 spiro atoms. The largest absolute Gasteiger partial charge is 0.573 e. The number of nitrogens with zero attached hydrogens (tertiary/aromatic N) is 1. The molecule has 1 fully saturated rings. The van der Waals surface area contributed by atoms with Crippen LogP contribution in [0, 0.1) is 0 Å². The Hall–Kier alpha value is -2.26. The van der Waals surface area contributed by atoms with E-state index in [1.54, 1.807) is 6.07 Å². The van der Waals surface area contributed by atoms with Gasteiger partial charge in [0.1, 0.15) is 5.75 Å². The molecule has 5 nitrogen and oxygen atoms in total. The van der Waals surface area contributed by atoms with Gasteiger partial charge in [0.25, 0.3) is 10.0 Å². The maximum atomic E-state index is 12.6. The Morgan fingerprint density at radius 1 is 1.17 bits per heavy atom. The molecule has 1 heterocycles. The molecular formula is C21H25F3N2O3S. The number of hydrogen-bond acceptors (Lipinski definition) is 4. The molecule has 0 aliphatic carbocycles. The molecular weight excluding hydrogens is 417 g/mol. The van der Waals surface area contributed by atoms with Crippen molar-refractivity contribution in [1.29, 1.82) is 0 Å². The van der Waals surface area contributed by atoms with E-state index < -0.39 is 22.1 Å². The van der Waals surface area contributed by atoms with Gasteiger partial charge in [-0.1, -0.05) is 19.1 Å². The molecule has 1 aliphatic heterocycles. The van der Waals surface area contributed by atoms with E-state index in [2.05, 4.69) is 21.3 Å². The van der Waals surface area contributed by atoms with Crippen LogP contribution in [0.2, 0.25) is 0 Å². The standard InChI is InChI=1S/C21H25F3N2O3S/c1-2-12-26-13-4-6-17(15-26)16-5-3-7-18(14-16)25-30(27,28)20-10-8-19(9-11-20)29-21(22,23)24/h3,5,7-11,14,17,25H,2,4,6,12-13,15H2,1H3. The molecule has 0 radical (unpaired) electrons. The van der Waals surface area contributed by atoms with Crippen molar-refractivity contribution in [2.24, 2.45) is 0 Å². The third-order valence-electron chi connectivity index (χ3n) is 5.02. The first kappa shape index (κ1) is 22.4. The van der Waals surface area contributed by atoms with E-state index >= 15 is 0 Å². The monoisotopic (exact) mass is 442 g/mol. The Morgan fingerprint density at radius 3 is 2.57 bits per heavy atom. The van der Waals surface area contributed by atoms with E-state index in [-0.39, 0.29) is 4.90 Å². The molecule has 1 unspecified atom stereocenters. The van der Waals surface area contributed by atoms with Crippen LogP contribution in [-0.4, -0.2) is 39.3 Å². The molecule has 30 heavy (non-hydrogen) atoms. The van der Waals surface area contributed by atoms with Gasteiger partial charge in [-0.05, 0) is 80.2 Å². The van der Waals surface area contributed by atoms with Crippen molar-refractivity contribution >= 4 is 15.7 Å². The van der Waals surface area contributed by atoms with Crippen LogP contribution in [0.4, 0.5) is 18.9 Å². The van der Waals surface area contributed by atoms with Gasteiger partial charge in [0, 0.05) is 12.2 Å². The molecule has 2 aromatic rings. The first-order valence-electron chi connectivity index (χ1n) is 9.87. The van der Waals surface area contributed by atoms with E-state index in [4.69, 9.17) is 0 Å². The summed E-state index contributed by atoms with van der Waals surface area (Å²) in [5.41, 5.74) is 1.50. The van der Waals surface area contributed by atoms with E-state index in [1.807, 2.05) is 18.2 Å². The van der Waals surface area contributed by atoms with Gasteiger partial charge >= 0.3 is 6.36 Å². The van der Waals surface area contributed by atoms with Gasteiger partial charge < -0.3 is 9.64 Å². The van der Waals surface area contributed by atoms with Gasteiger partial charge in [-0.25, -0.2) is 8.42 Å². The first-order chi connectivity index (χ1) is 14.2. The fourth-order valence-electron chi connectivity index (χ4n) is 3.74. The Labute approximate surface area is 174 Å². The fourth-order valence-corrected chi connectivity index (χ4v) is 4.79. The van der Waals surface area contributed by atoms with Crippen molar-refractivity contribution in [2.75, 3.05) is 24.4 Å². The lowest BCUT2D eigenvalue weighted by atomic mass is 9.90. The predicted molar refractivity (Wildman–Crippen MR) is 109 cm³/mol. The fraction of sp³-hybridized carbons (Fsp3) is 0.429. The maximum Gasteiger partial charge on any atom is 0.573 e. The average Bonchev–Trinajstić information content (AvgIpc) is 2.67. The third kappa shape index (κ3) is 6.12. The lowest BCUT2D eigenvalue weighted by Gasteiger charge is -2.32. The van der Waals surface area contributed by atoms with Crippen LogP contribution in [0.5, 0.6) is 5.75 Å². The Morgan fingerprint density at radius 2 is 1.90 bits per heavy atom. The minimum Gasteiger partial charge on any atom is -0.406 e. The highest BCUT2D eigenvalue weighted by Crippen LogP contribution is 2.30. The number of piperidine rings is 1. The van der Waals surface area contributed by atoms with E-state index in [0.29, 0.717) is 11.6 Å². The maximum absolute atomic E-state index is 12.6. The summed E-state index contributed by atoms with van der Waals surface area (Å²) in [5.74, 6) is -0.133. The lowest BCUT2D eigenvalue weighted by Crippen LogP contribution is -2.34. The van der Waals surface area contributed by atoms with Crippen molar-refractivity contribution in [3.05, 3.63) is 54.1 Å². The summed E-state index contributed by atoms with van der Waals surface area (Å²) in [7, 11) is -3.94. The highest BCUT2D eigenvalue weighted by molar-refractivity contribution is 7.92. The average molecular weight is 443 g/mol. The number of alkyl halides is 3. The molecule has 1 saturated heterocycles. The molecule has 0 aromatic heterocycles. The van der Waals surface area contributed by atoms with Gasteiger partial charge in [0.05, 0.1) is 4.90 Å². The van der Waals surface area contributed by atoms with Crippen LogP contribution in [0.15, 0.2) is 53.4 Å². The molecule has 0 amide bonds. The highest BCUT2D eigenvalue weighted by Gasteiger charge is 2.31. The summed E-state index contributed by atoms with van der Waals surface area (Å²) in [6.45, 7) is 5.24. The van der Waals surface area contributed by atoms with Crippen molar-refractivity contribution in [2.45, 2.75) is 43.4 Å². The molecule has 1 aliphatic rings. The summed E-state index contributed by atoms with van der Waals surface area (Å²) in [5, 5.41) is 0. The molecule has 9 heteroatoms. The van der Waals surface area contributed by atoms with E-state index in [0.717, 1.165) is 68.7 Å². The molecule has 2 aromatic carbocycles. The third-order valence-corrected chi connectivity index (χ3v) is 6.42. The summed E-state index contributed by atoms with van der Waals surface area (Å²) in [6, 6.07) is 11.4. The smallest absolute Gasteiger partial charge is 0.406 e. The van der Waals surface area contributed by atoms with Crippen LogP contribution in [0.3, 0.4) is 0 Å². The minimum atomic E-state index is -4.83. The van der Waals surface area contributed by atoms with Gasteiger partial charge in [-0.15, -0.1) is 13.2 Å². The number of rotatable bonds is 7. The Balaban J connectivity index is 1.72. The number of anilines is 1. The van der Waals surface area contributed by atoms with Crippen molar-refractivity contribution < 1.29 is 26.3 Å². The molecule has 3 rings (SSSR count). The zero-order valence-corrected chi connectivity index (χ0v) is 17.5. The van der Waals surface area contributed by atoms with Crippen molar-refractivity contribution in [1.82, 2.24) is 4.90 Å².